The monoisotopic (exact) mass is 202 g/mol. The quantitative estimate of drug-likeness (QED) is 0.626. The second kappa shape index (κ2) is 5.08. The van der Waals surface area contributed by atoms with Gasteiger partial charge in [-0.2, -0.15) is 0 Å². The molecule has 2 heterocycles. The summed E-state index contributed by atoms with van der Waals surface area (Å²) in [5.74, 6) is 0. The molecule has 2 unspecified atom stereocenters. The molecule has 0 aliphatic carbocycles. The van der Waals surface area contributed by atoms with Crippen LogP contribution in [0.3, 0.4) is 0 Å². The first kappa shape index (κ1) is 11.9. The van der Waals surface area contributed by atoms with Gasteiger partial charge in [-0.25, -0.2) is 4.39 Å². The molecule has 0 radical (unpaired) electrons. The Morgan fingerprint density at radius 3 is 1.93 bits per heavy atom. The third-order valence-corrected chi connectivity index (χ3v) is 2.92. The van der Waals surface area contributed by atoms with Crippen molar-refractivity contribution in [2.45, 2.75) is 57.8 Å². The van der Waals surface area contributed by atoms with Gasteiger partial charge in [-0.05, 0) is 46.6 Å². The van der Waals surface area contributed by atoms with E-state index in [-0.39, 0.29) is 0 Å². The minimum absolute atomic E-state index is 0.535. The molecule has 2 fully saturated rings. The normalized spacial score (nSPS) is 42.0. The highest BCUT2D eigenvalue weighted by Crippen LogP contribution is 2.17. The Bertz CT molecular complexity index is 155. The van der Waals surface area contributed by atoms with Gasteiger partial charge in [0.1, 0.15) is 5.67 Å². The Labute approximate surface area is 86.6 Å². The molecule has 0 bridgehead atoms. The molecule has 84 valence electrons. The Hall–Kier alpha value is -0.150. The molecule has 2 nitrogen and oxygen atoms in total. The third kappa shape index (κ3) is 4.38. The van der Waals surface area contributed by atoms with Gasteiger partial charge in [0, 0.05) is 18.6 Å². The van der Waals surface area contributed by atoms with Gasteiger partial charge in [-0.3, -0.25) is 0 Å². The molecule has 3 heteroatoms. The van der Waals surface area contributed by atoms with Crippen LogP contribution >= 0.6 is 0 Å². The van der Waals surface area contributed by atoms with Gasteiger partial charge in [-0.1, -0.05) is 0 Å². The fraction of sp³-hybridized carbons (Fsp3) is 1.00. The summed E-state index contributed by atoms with van der Waals surface area (Å²) < 4.78 is 12.5. The van der Waals surface area contributed by atoms with Gasteiger partial charge in [0.25, 0.3) is 0 Å². The minimum atomic E-state index is -0.917. The van der Waals surface area contributed by atoms with E-state index in [4.69, 9.17) is 0 Å². The summed E-state index contributed by atoms with van der Waals surface area (Å²) in [5.41, 5.74) is -0.917. The number of hydrogen-bond acceptors (Lipinski definition) is 2. The van der Waals surface area contributed by atoms with Crippen molar-refractivity contribution in [1.82, 2.24) is 10.6 Å². The fourth-order valence-electron chi connectivity index (χ4n) is 1.94. The molecule has 3 atom stereocenters. The molecule has 0 aromatic carbocycles. The van der Waals surface area contributed by atoms with Gasteiger partial charge >= 0.3 is 0 Å². The van der Waals surface area contributed by atoms with Crippen LogP contribution in [0.2, 0.25) is 0 Å². The van der Waals surface area contributed by atoms with Crippen molar-refractivity contribution in [2.24, 2.45) is 0 Å². The van der Waals surface area contributed by atoms with Crippen molar-refractivity contribution in [3.8, 4) is 0 Å². The SMILES string of the molecule is CC1(F)CCNC1.CC1CC[C@@H](C)N1. The van der Waals surface area contributed by atoms with E-state index >= 15 is 0 Å². The van der Waals surface area contributed by atoms with E-state index < -0.39 is 5.67 Å². The molecule has 2 saturated heterocycles. The summed E-state index contributed by atoms with van der Waals surface area (Å²) in [6.07, 6.45) is 3.40. The van der Waals surface area contributed by atoms with Crippen molar-refractivity contribution >= 4 is 0 Å². The molecule has 0 amide bonds. The van der Waals surface area contributed by atoms with E-state index in [1.165, 1.54) is 12.8 Å². The van der Waals surface area contributed by atoms with Crippen molar-refractivity contribution in [1.29, 1.82) is 0 Å². The maximum absolute atomic E-state index is 12.5. The average molecular weight is 202 g/mol. The van der Waals surface area contributed by atoms with Crippen LogP contribution in [-0.4, -0.2) is 30.8 Å². The predicted octanol–water partition coefficient (Wildman–Crippen LogP) is 1.85. The maximum atomic E-state index is 12.5. The zero-order valence-electron chi connectivity index (χ0n) is 9.57. The van der Waals surface area contributed by atoms with Crippen LogP contribution in [0.15, 0.2) is 0 Å². The summed E-state index contributed by atoms with van der Waals surface area (Å²) in [6, 6.07) is 1.55. The minimum Gasteiger partial charge on any atom is -0.313 e. The first-order valence-electron chi connectivity index (χ1n) is 5.65. The number of alkyl halides is 1. The zero-order valence-corrected chi connectivity index (χ0v) is 9.57. The second-order valence-electron chi connectivity index (χ2n) is 4.89. The molecular formula is C11H23FN2. The average Bonchev–Trinajstić information content (AvgIpc) is 2.61. The second-order valence-corrected chi connectivity index (χ2v) is 4.89. The molecule has 0 spiro atoms. The van der Waals surface area contributed by atoms with Crippen LogP contribution in [0.25, 0.3) is 0 Å². The highest BCUT2D eigenvalue weighted by atomic mass is 19.1. The lowest BCUT2D eigenvalue weighted by Crippen LogP contribution is -2.23. The van der Waals surface area contributed by atoms with Crippen molar-refractivity contribution in [3.05, 3.63) is 0 Å². The lowest BCUT2D eigenvalue weighted by Gasteiger charge is -2.07. The van der Waals surface area contributed by atoms with E-state index in [1.807, 2.05) is 0 Å². The van der Waals surface area contributed by atoms with Gasteiger partial charge in [0.05, 0.1) is 0 Å². The van der Waals surface area contributed by atoms with Crippen LogP contribution < -0.4 is 10.6 Å². The zero-order chi connectivity index (χ0) is 10.6. The Morgan fingerprint density at radius 1 is 1.21 bits per heavy atom. The van der Waals surface area contributed by atoms with Crippen molar-refractivity contribution in [2.75, 3.05) is 13.1 Å². The van der Waals surface area contributed by atoms with Crippen LogP contribution in [-0.2, 0) is 0 Å². The fourth-order valence-corrected chi connectivity index (χ4v) is 1.94. The lowest BCUT2D eigenvalue weighted by atomic mass is 10.1. The standard InChI is InChI=1S/C6H13N.C5H10FN/c1-5-3-4-6(2)7-5;1-5(6)2-3-7-4-5/h5-7H,3-4H2,1-2H3;7H,2-4H2,1H3/t5-,6?;/m1./s1. The summed E-state index contributed by atoms with van der Waals surface area (Å²) in [5, 5.41) is 6.35. The number of nitrogens with one attached hydrogen (secondary N) is 2. The van der Waals surface area contributed by atoms with Crippen molar-refractivity contribution in [3.63, 3.8) is 0 Å². The van der Waals surface area contributed by atoms with Gasteiger partial charge in [0.2, 0.25) is 0 Å². The molecular weight excluding hydrogens is 179 g/mol. The van der Waals surface area contributed by atoms with E-state index in [0.29, 0.717) is 13.0 Å². The summed E-state index contributed by atoms with van der Waals surface area (Å²) in [6.45, 7) is 7.49. The molecule has 0 saturated carbocycles. The Kier molecular flexibility index (Phi) is 4.32. The molecule has 0 aromatic rings. The first-order valence-corrected chi connectivity index (χ1v) is 5.65. The first-order chi connectivity index (χ1) is 6.49. The van der Waals surface area contributed by atoms with Crippen LogP contribution in [0.5, 0.6) is 0 Å². The Balaban J connectivity index is 0.000000140. The van der Waals surface area contributed by atoms with Gasteiger partial charge < -0.3 is 10.6 Å². The molecule has 14 heavy (non-hydrogen) atoms. The van der Waals surface area contributed by atoms with E-state index in [1.54, 1.807) is 6.92 Å². The summed E-state index contributed by atoms with van der Waals surface area (Å²) in [7, 11) is 0. The maximum Gasteiger partial charge on any atom is 0.121 e. The smallest absolute Gasteiger partial charge is 0.121 e. The molecule has 0 aromatic heterocycles. The van der Waals surface area contributed by atoms with Crippen LogP contribution in [0.4, 0.5) is 4.39 Å². The topological polar surface area (TPSA) is 24.1 Å². The largest absolute Gasteiger partial charge is 0.313 e. The van der Waals surface area contributed by atoms with E-state index in [9.17, 15) is 4.39 Å². The van der Waals surface area contributed by atoms with Gasteiger partial charge in [0.15, 0.2) is 0 Å². The third-order valence-electron chi connectivity index (χ3n) is 2.92. The summed E-state index contributed by atoms with van der Waals surface area (Å²) >= 11 is 0. The number of hydrogen-bond donors (Lipinski definition) is 2. The lowest BCUT2D eigenvalue weighted by molar-refractivity contribution is 0.218. The number of halogens is 1. The van der Waals surface area contributed by atoms with E-state index in [0.717, 1.165) is 18.6 Å². The highest BCUT2D eigenvalue weighted by molar-refractivity contribution is 4.82. The molecule has 2 rings (SSSR count). The van der Waals surface area contributed by atoms with Crippen LogP contribution in [0, 0.1) is 0 Å². The van der Waals surface area contributed by atoms with Crippen LogP contribution in [0.1, 0.15) is 40.0 Å². The number of rotatable bonds is 0. The Morgan fingerprint density at radius 2 is 1.79 bits per heavy atom. The van der Waals surface area contributed by atoms with Gasteiger partial charge in [-0.15, -0.1) is 0 Å². The van der Waals surface area contributed by atoms with Crippen molar-refractivity contribution < 1.29 is 4.39 Å². The molecule has 2 N–H and O–H groups in total. The van der Waals surface area contributed by atoms with E-state index in [2.05, 4.69) is 24.5 Å². The summed E-state index contributed by atoms with van der Waals surface area (Å²) in [4.78, 5) is 0. The molecule has 2 aliphatic heterocycles. The predicted molar refractivity (Wildman–Crippen MR) is 58.3 cm³/mol. The highest BCUT2D eigenvalue weighted by Gasteiger charge is 2.26. The molecule has 2 aliphatic rings.